The molecule has 0 aliphatic heterocycles. The SMILES string of the molecule is CCN(c1ccc(C)cc1)C(CN)c1ccc(F)c(C)c1. The van der Waals surface area contributed by atoms with E-state index in [2.05, 4.69) is 43.0 Å². The monoisotopic (exact) mass is 286 g/mol. The van der Waals surface area contributed by atoms with Crippen LogP contribution >= 0.6 is 0 Å². The van der Waals surface area contributed by atoms with E-state index < -0.39 is 0 Å². The lowest BCUT2D eigenvalue weighted by molar-refractivity contribution is 0.609. The van der Waals surface area contributed by atoms with Gasteiger partial charge in [0.2, 0.25) is 0 Å². The zero-order chi connectivity index (χ0) is 15.4. The van der Waals surface area contributed by atoms with E-state index >= 15 is 0 Å². The van der Waals surface area contributed by atoms with E-state index in [1.807, 2.05) is 12.1 Å². The maximum atomic E-state index is 13.5. The summed E-state index contributed by atoms with van der Waals surface area (Å²) < 4.78 is 13.5. The van der Waals surface area contributed by atoms with Crippen LogP contribution in [0.1, 0.15) is 29.7 Å². The first kappa shape index (κ1) is 15.5. The topological polar surface area (TPSA) is 29.3 Å². The number of benzene rings is 2. The van der Waals surface area contributed by atoms with Gasteiger partial charge in [-0.25, -0.2) is 4.39 Å². The summed E-state index contributed by atoms with van der Waals surface area (Å²) in [6, 6.07) is 13.7. The van der Waals surface area contributed by atoms with Crippen LogP contribution in [0.4, 0.5) is 10.1 Å². The average molecular weight is 286 g/mol. The molecule has 0 bridgehead atoms. The molecule has 0 spiro atoms. The number of likely N-dealkylation sites (N-methyl/N-ethyl adjacent to an activating group) is 1. The molecule has 2 aromatic carbocycles. The number of halogens is 1. The predicted molar refractivity (Wildman–Crippen MR) is 87.1 cm³/mol. The van der Waals surface area contributed by atoms with Gasteiger partial charge in [-0.05, 0) is 50.1 Å². The molecule has 112 valence electrons. The molecule has 1 atom stereocenters. The van der Waals surface area contributed by atoms with Crippen LogP contribution in [0.2, 0.25) is 0 Å². The first-order chi connectivity index (χ1) is 10.1. The van der Waals surface area contributed by atoms with E-state index in [0.29, 0.717) is 12.1 Å². The summed E-state index contributed by atoms with van der Waals surface area (Å²) >= 11 is 0. The van der Waals surface area contributed by atoms with Crippen LogP contribution in [0.5, 0.6) is 0 Å². The summed E-state index contributed by atoms with van der Waals surface area (Å²) in [5.41, 5.74) is 10.1. The van der Waals surface area contributed by atoms with Crippen LogP contribution in [0.3, 0.4) is 0 Å². The summed E-state index contributed by atoms with van der Waals surface area (Å²) in [5, 5.41) is 0. The standard InChI is InChI=1S/C18H23FN2/c1-4-21(16-8-5-13(2)6-9-16)18(12-20)15-7-10-17(19)14(3)11-15/h5-11,18H,4,12,20H2,1-3H3. The Labute approximate surface area is 126 Å². The Kier molecular flexibility index (Phi) is 4.97. The number of hydrogen-bond donors (Lipinski definition) is 1. The molecule has 21 heavy (non-hydrogen) atoms. The van der Waals surface area contributed by atoms with Crippen molar-refractivity contribution < 1.29 is 4.39 Å². The Balaban J connectivity index is 2.36. The van der Waals surface area contributed by atoms with Crippen molar-refractivity contribution in [3.63, 3.8) is 0 Å². The van der Waals surface area contributed by atoms with Crippen LogP contribution in [-0.4, -0.2) is 13.1 Å². The van der Waals surface area contributed by atoms with Crippen molar-refractivity contribution in [3.05, 3.63) is 65.0 Å². The highest BCUT2D eigenvalue weighted by Crippen LogP contribution is 2.27. The summed E-state index contributed by atoms with van der Waals surface area (Å²) in [7, 11) is 0. The van der Waals surface area contributed by atoms with Gasteiger partial charge in [0.25, 0.3) is 0 Å². The number of aryl methyl sites for hydroxylation is 2. The maximum Gasteiger partial charge on any atom is 0.126 e. The molecular weight excluding hydrogens is 263 g/mol. The molecule has 0 saturated heterocycles. The summed E-state index contributed by atoms with van der Waals surface area (Å²) in [6.45, 7) is 7.31. The fourth-order valence-corrected chi connectivity index (χ4v) is 2.64. The fraction of sp³-hybridized carbons (Fsp3) is 0.333. The molecule has 0 heterocycles. The van der Waals surface area contributed by atoms with Crippen molar-refractivity contribution in [1.29, 1.82) is 0 Å². The molecule has 2 N–H and O–H groups in total. The predicted octanol–water partition coefficient (Wildman–Crippen LogP) is 3.97. The van der Waals surface area contributed by atoms with Crippen molar-refractivity contribution in [2.24, 2.45) is 5.73 Å². The van der Waals surface area contributed by atoms with Gasteiger partial charge in [-0.3, -0.25) is 0 Å². The first-order valence-electron chi connectivity index (χ1n) is 7.36. The van der Waals surface area contributed by atoms with Crippen molar-refractivity contribution in [1.82, 2.24) is 0 Å². The molecular formula is C18H23FN2. The molecule has 0 aliphatic carbocycles. The minimum absolute atomic E-state index is 0.0528. The normalized spacial score (nSPS) is 12.2. The Morgan fingerprint density at radius 3 is 2.29 bits per heavy atom. The molecule has 0 amide bonds. The third-order valence-electron chi connectivity index (χ3n) is 3.87. The molecule has 1 unspecified atom stereocenters. The largest absolute Gasteiger partial charge is 0.363 e. The molecule has 0 aliphatic rings. The van der Waals surface area contributed by atoms with Gasteiger partial charge in [0.05, 0.1) is 6.04 Å². The molecule has 0 fully saturated rings. The fourth-order valence-electron chi connectivity index (χ4n) is 2.64. The van der Waals surface area contributed by atoms with E-state index in [1.165, 1.54) is 11.6 Å². The Morgan fingerprint density at radius 1 is 1.10 bits per heavy atom. The quantitative estimate of drug-likeness (QED) is 0.901. The maximum absolute atomic E-state index is 13.5. The van der Waals surface area contributed by atoms with Gasteiger partial charge in [0, 0.05) is 18.8 Å². The Morgan fingerprint density at radius 2 is 1.76 bits per heavy atom. The lowest BCUT2D eigenvalue weighted by atomic mass is 10.0. The van der Waals surface area contributed by atoms with Crippen LogP contribution in [0, 0.1) is 19.7 Å². The minimum Gasteiger partial charge on any atom is -0.363 e. The van der Waals surface area contributed by atoms with Crippen LogP contribution in [0.15, 0.2) is 42.5 Å². The molecule has 2 aromatic rings. The summed E-state index contributed by atoms with van der Waals surface area (Å²) in [4.78, 5) is 2.26. The van der Waals surface area contributed by atoms with E-state index in [-0.39, 0.29) is 11.9 Å². The first-order valence-corrected chi connectivity index (χ1v) is 7.36. The van der Waals surface area contributed by atoms with E-state index in [1.54, 1.807) is 6.92 Å². The van der Waals surface area contributed by atoms with Gasteiger partial charge in [-0.15, -0.1) is 0 Å². The third kappa shape index (κ3) is 3.42. The van der Waals surface area contributed by atoms with Gasteiger partial charge in [0.1, 0.15) is 5.82 Å². The van der Waals surface area contributed by atoms with Gasteiger partial charge in [-0.2, -0.15) is 0 Å². The number of anilines is 1. The van der Waals surface area contributed by atoms with Gasteiger partial charge in [0.15, 0.2) is 0 Å². The van der Waals surface area contributed by atoms with Crippen molar-refractivity contribution in [3.8, 4) is 0 Å². The van der Waals surface area contributed by atoms with Crippen LogP contribution in [0.25, 0.3) is 0 Å². The van der Waals surface area contributed by atoms with E-state index in [4.69, 9.17) is 5.73 Å². The molecule has 0 radical (unpaired) electrons. The molecule has 2 nitrogen and oxygen atoms in total. The lowest BCUT2D eigenvalue weighted by Crippen LogP contribution is -2.33. The lowest BCUT2D eigenvalue weighted by Gasteiger charge is -2.32. The Hall–Kier alpha value is -1.87. The van der Waals surface area contributed by atoms with Crippen molar-refractivity contribution in [2.45, 2.75) is 26.8 Å². The molecule has 0 saturated carbocycles. The summed E-state index contributed by atoms with van der Waals surface area (Å²) in [5.74, 6) is -0.173. The molecule has 2 rings (SSSR count). The average Bonchev–Trinajstić information content (AvgIpc) is 2.49. The second-order valence-electron chi connectivity index (χ2n) is 5.38. The number of hydrogen-bond acceptors (Lipinski definition) is 2. The van der Waals surface area contributed by atoms with Crippen molar-refractivity contribution in [2.75, 3.05) is 18.0 Å². The highest BCUT2D eigenvalue weighted by Gasteiger charge is 2.19. The van der Waals surface area contributed by atoms with Crippen molar-refractivity contribution >= 4 is 5.69 Å². The smallest absolute Gasteiger partial charge is 0.126 e. The highest BCUT2D eigenvalue weighted by atomic mass is 19.1. The van der Waals surface area contributed by atoms with Gasteiger partial charge in [-0.1, -0.05) is 29.8 Å². The van der Waals surface area contributed by atoms with Gasteiger partial charge >= 0.3 is 0 Å². The van der Waals surface area contributed by atoms with Crippen LogP contribution < -0.4 is 10.6 Å². The van der Waals surface area contributed by atoms with Gasteiger partial charge < -0.3 is 10.6 Å². The second-order valence-corrected chi connectivity index (χ2v) is 5.38. The number of nitrogens with two attached hydrogens (primary N) is 1. The zero-order valence-electron chi connectivity index (χ0n) is 12.9. The van der Waals surface area contributed by atoms with E-state index in [9.17, 15) is 4.39 Å². The Bertz CT molecular complexity index is 593. The third-order valence-corrected chi connectivity index (χ3v) is 3.87. The molecule has 3 heteroatoms. The van der Waals surface area contributed by atoms with E-state index in [0.717, 1.165) is 17.8 Å². The second kappa shape index (κ2) is 6.72. The number of nitrogens with zero attached hydrogens (tertiary/aromatic N) is 1. The zero-order valence-corrected chi connectivity index (χ0v) is 12.9. The van der Waals surface area contributed by atoms with Crippen LogP contribution in [-0.2, 0) is 0 Å². The molecule has 0 aromatic heterocycles. The minimum atomic E-state index is -0.173. The summed E-state index contributed by atoms with van der Waals surface area (Å²) in [6.07, 6.45) is 0. The number of rotatable bonds is 5. The highest BCUT2D eigenvalue weighted by molar-refractivity contribution is 5.50.